The van der Waals surface area contributed by atoms with E-state index < -0.39 is 60.1 Å². The first kappa shape index (κ1) is 55.4. The van der Waals surface area contributed by atoms with Gasteiger partial charge in [-0.25, -0.2) is 0 Å². The third-order valence-electron chi connectivity index (χ3n) is 14.4. The van der Waals surface area contributed by atoms with Gasteiger partial charge >= 0.3 is 5.97 Å². The van der Waals surface area contributed by atoms with Gasteiger partial charge in [-0.15, -0.1) is 0 Å². The number of amides is 7. The maximum Gasteiger partial charge on any atom is 0.308 e. The predicted octanol–water partition coefficient (Wildman–Crippen LogP) is 4.07. The Morgan fingerprint density at radius 2 is 1.49 bits per heavy atom. The van der Waals surface area contributed by atoms with Crippen LogP contribution in [0.5, 0.6) is 0 Å². The van der Waals surface area contributed by atoms with Gasteiger partial charge in [-0.1, -0.05) is 91.6 Å². The van der Waals surface area contributed by atoms with E-state index in [1.54, 1.807) is 25.9 Å². The molecule has 68 heavy (non-hydrogen) atoms. The fourth-order valence-corrected chi connectivity index (χ4v) is 10.1. The molecule has 0 radical (unpaired) electrons. The lowest BCUT2D eigenvalue weighted by atomic mass is 9.89. The number of fused-ring (bicyclic) bond motifs is 1. The molecule has 4 rings (SSSR count). The maximum atomic E-state index is 14.6. The third kappa shape index (κ3) is 14.0. The Labute approximate surface area is 403 Å². The van der Waals surface area contributed by atoms with E-state index in [2.05, 4.69) is 10.6 Å². The molecule has 2 unspecified atom stereocenters. The number of likely N-dealkylation sites (N-methyl/N-ethyl adjacent to an activating group) is 2. The zero-order chi connectivity index (χ0) is 50.6. The minimum atomic E-state index is -1.01. The summed E-state index contributed by atoms with van der Waals surface area (Å²) in [4.78, 5) is 112. The van der Waals surface area contributed by atoms with E-state index in [4.69, 9.17) is 9.47 Å². The number of carbonyl (C=O) groups is 8. The van der Waals surface area contributed by atoms with E-state index in [-0.39, 0.29) is 97.5 Å². The zero-order valence-corrected chi connectivity index (χ0v) is 42.1. The van der Waals surface area contributed by atoms with Crippen LogP contribution in [0.25, 0.3) is 0 Å². The second-order valence-electron chi connectivity index (χ2n) is 19.8. The number of imide groups is 1. The number of nitrogens with zero attached hydrogens (tertiary/aromatic N) is 4. The number of benzene rings is 1. The van der Waals surface area contributed by atoms with Crippen LogP contribution in [0, 0.1) is 35.5 Å². The molecule has 7 amide bonds. The Kier molecular flexibility index (Phi) is 20.7. The van der Waals surface area contributed by atoms with Crippen LogP contribution in [0.3, 0.4) is 0 Å². The van der Waals surface area contributed by atoms with Gasteiger partial charge in [0.15, 0.2) is 0 Å². The molecule has 3 N–H and O–H groups in total. The van der Waals surface area contributed by atoms with Gasteiger partial charge in [0, 0.05) is 66.0 Å². The number of carboxylic acid groups (broad SMARTS) is 1. The van der Waals surface area contributed by atoms with Gasteiger partial charge in [0.1, 0.15) is 12.1 Å². The van der Waals surface area contributed by atoms with Crippen LogP contribution in [-0.2, 0) is 54.3 Å². The van der Waals surface area contributed by atoms with Gasteiger partial charge in [0.05, 0.1) is 42.5 Å². The average molecular weight is 951 g/mol. The number of carbonyl (C=O) groups excluding carboxylic acids is 7. The molecule has 11 atom stereocenters. The Bertz CT molecular complexity index is 1940. The summed E-state index contributed by atoms with van der Waals surface area (Å²) in [5.74, 6) is -5.31. The minimum Gasteiger partial charge on any atom is -0.481 e. The number of piperidine rings is 1. The first-order valence-corrected chi connectivity index (χ1v) is 24.5. The smallest absolute Gasteiger partial charge is 0.308 e. The molecule has 17 nitrogen and oxygen atoms in total. The van der Waals surface area contributed by atoms with E-state index in [1.807, 2.05) is 76.8 Å². The maximum absolute atomic E-state index is 14.6. The molecule has 0 aromatic heterocycles. The van der Waals surface area contributed by atoms with Crippen molar-refractivity contribution in [2.45, 2.75) is 149 Å². The number of hydrogen-bond acceptors (Lipinski definition) is 10. The number of aliphatic carboxylic acids is 1. The molecule has 1 aromatic rings. The molecule has 0 spiro atoms. The van der Waals surface area contributed by atoms with Crippen molar-refractivity contribution in [1.29, 1.82) is 0 Å². The van der Waals surface area contributed by atoms with Crippen LogP contribution in [0.4, 0.5) is 0 Å². The summed E-state index contributed by atoms with van der Waals surface area (Å²) in [7, 11) is 6.30. The monoisotopic (exact) mass is 951 g/mol. The number of rotatable bonds is 28. The number of carboxylic acids is 1. The van der Waals surface area contributed by atoms with Crippen molar-refractivity contribution in [2.75, 3.05) is 41.4 Å². The highest BCUT2D eigenvalue weighted by Crippen LogP contribution is 2.50. The van der Waals surface area contributed by atoms with Crippen molar-refractivity contribution in [3.8, 4) is 0 Å². The average Bonchev–Trinajstić information content (AvgIpc) is 3.85. The molecule has 2 fully saturated rings. The highest BCUT2D eigenvalue weighted by Gasteiger charge is 2.57. The van der Waals surface area contributed by atoms with Crippen molar-refractivity contribution in [1.82, 2.24) is 30.2 Å². The summed E-state index contributed by atoms with van der Waals surface area (Å²) < 4.78 is 12.1. The fourth-order valence-electron chi connectivity index (χ4n) is 10.1. The van der Waals surface area contributed by atoms with Gasteiger partial charge in [-0.05, 0) is 61.3 Å². The number of likely N-dealkylation sites (tertiary alicyclic amines) is 1. The molecule has 17 heteroatoms. The zero-order valence-electron chi connectivity index (χ0n) is 42.1. The molecule has 2 heterocycles. The van der Waals surface area contributed by atoms with Crippen LogP contribution in [0.2, 0.25) is 0 Å². The van der Waals surface area contributed by atoms with Crippen molar-refractivity contribution in [3.63, 3.8) is 0 Å². The number of nitrogens with one attached hydrogen (secondary N) is 2. The van der Waals surface area contributed by atoms with Crippen LogP contribution < -0.4 is 10.6 Å². The van der Waals surface area contributed by atoms with Crippen LogP contribution in [0.1, 0.15) is 105 Å². The number of methoxy groups -OCH3 is 2. The predicted molar refractivity (Wildman–Crippen MR) is 255 cm³/mol. The standard InChI is InChI=1S/C51H78N6O11/c1-12-32(6)46(55(9)50(64)44(30(2)3)53-49(63)45(31(4)5)54(8)40(58)21-17-14-18-24-56-41(59)22-23-42(56)60)39(67-10)28-43(61)57-37-26-35(37)27-38(57)47(68-11)33(7)48(62)52-29-36(51(65)66)25-34-19-15-13-16-20-34/h13,15-16,19-20,22-23,30-33,35-39,44-47H,12,14,17-18,21,24-29H2,1-11H3,(H,52,62)(H,53,63)(H,65,66)/t32-,33+,35+,36+,37?,38-,39?,44-,45-,46-,47+/m0/s1. The van der Waals surface area contributed by atoms with E-state index in [1.165, 1.54) is 36.2 Å². The third-order valence-corrected chi connectivity index (χ3v) is 14.4. The van der Waals surface area contributed by atoms with Crippen LogP contribution in [0.15, 0.2) is 42.5 Å². The fraction of sp³-hybridized carbons (Fsp3) is 0.686. The normalized spacial score (nSPS) is 21.1. The Balaban J connectivity index is 1.42. The second-order valence-corrected chi connectivity index (χ2v) is 19.8. The van der Waals surface area contributed by atoms with Crippen LogP contribution in [-0.4, -0.2) is 156 Å². The topological polar surface area (TPSA) is 212 Å². The number of ether oxygens (including phenoxy) is 2. The largest absolute Gasteiger partial charge is 0.481 e. The number of hydrogen-bond donors (Lipinski definition) is 3. The Morgan fingerprint density at radius 3 is 2.04 bits per heavy atom. The van der Waals surface area contributed by atoms with Gasteiger partial charge < -0.3 is 39.9 Å². The van der Waals surface area contributed by atoms with E-state index in [0.29, 0.717) is 32.1 Å². The summed E-state index contributed by atoms with van der Waals surface area (Å²) in [6.07, 6.45) is 5.28. The lowest BCUT2D eigenvalue weighted by molar-refractivity contribution is -0.149. The molecule has 0 bridgehead atoms. The Morgan fingerprint density at radius 1 is 0.838 bits per heavy atom. The Hall–Kier alpha value is -5.16. The van der Waals surface area contributed by atoms with Crippen molar-refractivity contribution < 1.29 is 52.9 Å². The SMILES string of the molecule is CC[C@H](C)[C@@H](C(CC(=O)N1C2C[C@@H]2C[C@H]1[C@H](OC)[C@@H](C)C(=O)NC[C@@H](Cc1ccccc1)C(=O)O)OC)N(C)C(=O)[C@@H](NC(=O)[C@H](C(C)C)N(C)C(=O)CCCCCN1C(=O)C=CC1=O)C(C)C. The molecular weight excluding hydrogens is 873 g/mol. The highest BCUT2D eigenvalue weighted by molar-refractivity contribution is 6.12. The summed E-state index contributed by atoms with van der Waals surface area (Å²) in [5, 5.41) is 15.7. The quantitative estimate of drug-likeness (QED) is 0.0805. The van der Waals surface area contributed by atoms with Crippen molar-refractivity contribution in [2.24, 2.45) is 35.5 Å². The number of unbranched alkanes of at least 4 members (excludes halogenated alkanes) is 2. The van der Waals surface area contributed by atoms with Gasteiger partial charge in [-0.2, -0.15) is 0 Å². The first-order chi connectivity index (χ1) is 32.2. The lowest BCUT2D eigenvalue weighted by Gasteiger charge is -2.41. The van der Waals surface area contributed by atoms with E-state index in [9.17, 15) is 43.5 Å². The minimum absolute atomic E-state index is 0.0162. The molecule has 1 aromatic carbocycles. The van der Waals surface area contributed by atoms with Gasteiger partial charge in [0.25, 0.3) is 11.8 Å². The van der Waals surface area contributed by atoms with Crippen LogP contribution >= 0.6 is 0 Å². The molecule has 2 aliphatic heterocycles. The van der Waals surface area contributed by atoms with Crippen molar-refractivity contribution >= 4 is 47.3 Å². The molecule has 378 valence electrons. The summed E-state index contributed by atoms with van der Waals surface area (Å²) in [6.45, 7) is 13.3. The molecule has 1 saturated carbocycles. The van der Waals surface area contributed by atoms with Crippen molar-refractivity contribution in [3.05, 3.63) is 48.0 Å². The molecular formula is C51H78N6O11. The van der Waals surface area contributed by atoms with E-state index >= 15 is 0 Å². The summed E-state index contributed by atoms with van der Waals surface area (Å²) >= 11 is 0. The van der Waals surface area contributed by atoms with E-state index in [0.717, 1.165) is 12.0 Å². The van der Waals surface area contributed by atoms with Gasteiger partial charge in [0.2, 0.25) is 29.5 Å². The highest BCUT2D eigenvalue weighted by atomic mass is 16.5. The summed E-state index contributed by atoms with van der Waals surface area (Å²) in [6, 6.07) is 6.42. The van der Waals surface area contributed by atoms with Gasteiger partial charge in [-0.3, -0.25) is 43.3 Å². The molecule has 3 aliphatic rings. The first-order valence-electron chi connectivity index (χ1n) is 24.5. The molecule has 1 aliphatic carbocycles. The molecule has 1 saturated heterocycles. The lowest BCUT2D eigenvalue weighted by Crippen LogP contribution is -2.60. The second kappa shape index (κ2) is 25.4. The summed E-state index contributed by atoms with van der Waals surface area (Å²) in [5.41, 5.74) is 0.852.